The van der Waals surface area contributed by atoms with Gasteiger partial charge in [-0.25, -0.2) is 4.39 Å². The average molecular weight is 403 g/mol. The zero-order chi connectivity index (χ0) is 20.7. The predicted octanol–water partition coefficient (Wildman–Crippen LogP) is 4.25. The maximum Gasteiger partial charge on any atom is 0.242 e. The molecule has 4 nitrogen and oxygen atoms in total. The van der Waals surface area contributed by atoms with E-state index in [-0.39, 0.29) is 29.9 Å². The van der Waals surface area contributed by atoms with Crippen molar-refractivity contribution in [2.45, 2.75) is 50.7 Å². The van der Waals surface area contributed by atoms with E-state index in [1.54, 1.807) is 25.1 Å². The fraction of sp³-hybridized carbons (Fsp3) is 0.364. The third kappa shape index (κ3) is 6.68. The van der Waals surface area contributed by atoms with Crippen molar-refractivity contribution in [1.29, 1.82) is 0 Å². The predicted molar refractivity (Wildman–Crippen MR) is 111 cm³/mol. The van der Waals surface area contributed by atoms with Gasteiger partial charge in [-0.1, -0.05) is 36.4 Å². The van der Waals surface area contributed by atoms with Gasteiger partial charge in [0.1, 0.15) is 11.9 Å². The monoisotopic (exact) mass is 402 g/mol. The van der Waals surface area contributed by atoms with Gasteiger partial charge in [0.15, 0.2) is 0 Å². The molecule has 2 aromatic carbocycles. The molecule has 2 aromatic rings. The van der Waals surface area contributed by atoms with Crippen LogP contribution in [0.5, 0.6) is 0 Å². The second-order valence-corrected chi connectivity index (χ2v) is 8.68. The van der Waals surface area contributed by atoms with E-state index in [0.717, 1.165) is 4.90 Å². The van der Waals surface area contributed by atoms with Gasteiger partial charge in [0.2, 0.25) is 11.8 Å². The van der Waals surface area contributed by atoms with E-state index in [9.17, 15) is 14.0 Å². The lowest BCUT2D eigenvalue weighted by Crippen LogP contribution is -2.52. The van der Waals surface area contributed by atoms with Crippen molar-refractivity contribution in [2.24, 2.45) is 0 Å². The Kier molecular flexibility index (Phi) is 7.63. The highest BCUT2D eigenvalue weighted by atomic mass is 32.2. The first kappa shape index (κ1) is 22.0. The molecule has 0 aliphatic heterocycles. The van der Waals surface area contributed by atoms with Gasteiger partial charge in [-0.3, -0.25) is 9.59 Å². The van der Waals surface area contributed by atoms with Crippen molar-refractivity contribution in [1.82, 2.24) is 10.2 Å². The van der Waals surface area contributed by atoms with Crippen molar-refractivity contribution in [3.8, 4) is 0 Å². The maximum absolute atomic E-state index is 14.2. The molecule has 0 saturated carbocycles. The summed E-state index contributed by atoms with van der Waals surface area (Å²) in [5.41, 5.74) is -0.0346. The Hall–Kier alpha value is -2.34. The molecule has 0 radical (unpaired) electrons. The number of nitrogens with one attached hydrogen (secondary N) is 1. The van der Waals surface area contributed by atoms with Crippen molar-refractivity contribution >= 4 is 23.6 Å². The highest BCUT2D eigenvalue weighted by molar-refractivity contribution is 8.00. The number of carbonyl (C=O) groups is 2. The molecule has 2 amide bonds. The summed E-state index contributed by atoms with van der Waals surface area (Å²) in [7, 11) is 0. The van der Waals surface area contributed by atoms with Crippen LogP contribution in [0.1, 0.15) is 33.3 Å². The minimum atomic E-state index is -0.720. The summed E-state index contributed by atoms with van der Waals surface area (Å²) in [6, 6.07) is 15.2. The highest BCUT2D eigenvalue weighted by Gasteiger charge is 2.28. The fourth-order valence-corrected chi connectivity index (χ4v) is 3.42. The lowest BCUT2D eigenvalue weighted by molar-refractivity contribution is -0.139. The third-order valence-corrected chi connectivity index (χ3v) is 5.07. The number of rotatable bonds is 7. The van der Waals surface area contributed by atoms with Crippen LogP contribution in [-0.4, -0.2) is 34.0 Å². The Bertz CT molecular complexity index is 806. The Balaban J connectivity index is 2.18. The van der Waals surface area contributed by atoms with Gasteiger partial charge in [0.25, 0.3) is 0 Å². The second kappa shape index (κ2) is 9.73. The number of halogens is 1. The second-order valence-electron chi connectivity index (χ2n) is 7.63. The highest BCUT2D eigenvalue weighted by Crippen LogP contribution is 2.20. The molecule has 0 bridgehead atoms. The van der Waals surface area contributed by atoms with Gasteiger partial charge in [-0.2, -0.15) is 0 Å². The Morgan fingerprint density at radius 2 is 1.68 bits per heavy atom. The minimum Gasteiger partial charge on any atom is -0.350 e. The van der Waals surface area contributed by atoms with E-state index in [1.165, 1.54) is 22.7 Å². The number of amides is 2. The van der Waals surface area contributed by atoms with Crippen LogP contribution in [0.2, 0.25) is 0 Å². The quantitative estimate of drug-likeness (QED) is 0.705. The molecule has 0 aliphatic rings. The number of benzene rings is 2. The van der Waals surface area contributed by atoms with Gasteiger partial charge < -0.3 is 10.2 Å². The largest absolute Gasteiger partial charge is 0.350 e. The van der Waals surface area contributed by atoms with Crippen LogP contribution in [0.15, 0.2) is 59.5 Å². The molecule has 28 heavy (non-hydrogen) atoms. The van der Waals surface area contributed by atoms with Crippen LogP contribution in [0.25, 0.3) is 0 Å². The van der Waals surface area contributed by atoms with Crippen LogP contribution >= 0.6 is 11.8 Å². The van der Waals surface area contributed by atoms with Crippen molar-refractivity contribution in [3.05, 3.63) is 66.0 Å². The van der Waals surface area contributed by atoms with Crippen LogP contribution in [0, 0.1) is 5.82 Å². The topological polar surface area (TPSA) is 49.4 Å². The first-order valence-corrected chi connectivity index (χ1v) is 10.2. The SMILES string of the molecule is C[C@H](C(=O)NC(C)(C)C)N(Cc1ccccc1F)C(=O)CSc1ccccc1. The molecule has 0 saturated heterocycles. The Morgan fingerprint density at radius 3 is 2.29 bits per heavy atom. The Labute approximate surface area is 170 Å². The number of nitrogens with zero attached hydrogens (tertiary/aromatic N) is 1. The first-order valence-electron chi connectivity index (χ1n) is 9.20. The first-order chi connectivity index (χ1) is 13.2. The van der Waals surface area contributed by atoms with Gasteiger partial charge in [0.05, 0.1) is 5.75 Å². The van der Waals surface area contributed by atoms with Crippen LogP contribution in [-0.2, 0) is 16.1 Å². The zero-order valence-electron chi connectivity index (χ0n) is 16.7. The van der Waals surface area contributed by atoms with E-state index in [4.69, 9.17) is 0 Å². The molecule has 1 atom stereocenters. The molecule has 0 fully saturated rings. The standard InChI is InChI=1S/C22H27FN2O2S/c1-16(21(27)24-22(2,3)4)25(14-17-10-8-9-13-19(17)23)20(26)15-28-18-11-6-5-7-12-18/h5-13,16H,14-15H2,1-4H3,(H,24,27)/t16-/m1/s1. The summed E-state index contributed by atoms with van der Waals surface area (Å²) >= 11 is 1.40. The smallest absolute Gasteiger partial charge is 0.242 e. The van der Waals surface area contributed by atoms with Crippen molar-refractivity contribution in [2.75, 3.05) is 5.75 Å². The number of hydrogen-bond acceptors (Lipinski definition) is 3. The lowest BCUT2D eigenvalue weighted by Gasteiger charge is -2.31. The van der Waals surface area contributed by atoms with Gasteiger partial charge in [-0.05, 0) is 45.9 Å². The summed E-state index contributed by atoms with van der Waals surface area (Å²) in [5.74, 6) is -0.694. The molecule has 150 valence electrons. The summed E-state index contributed by atoms with van der Waals surface area (Å²) in [4.78, 5) is 28.0. The number of hydrogen-bond donors (Lipinski definition) is 1. The molecule has 0 spiro atoms. The molecular formula is C22H27FN2O2S. The molecule has 0 unspecified atom stereocenters. The molecule has 0 aliphatic carbocycles. The molecule has 6 heteroatoms. The van der Waals surface area contributed by atoms with Crippen molar-refractivity contribution < 1.29 is 14.0 Å². The van der Waals surface area contributed by atoms with Crippen LogP contribution < -0.4 is 5.32 Å². The van der Waals surface area contributed by atoms with Crippen molar-refractivity contribution in [3.63, 3.8) is 0 Å². The van der Waals surface area contributed by atoms with Crippen LogP contribution in [0.3, 0.4) is 0 Å². The lowest BCUT2D eigenvalue weighted by atomic mass is 10.1. The average Bonchev–Trinajstić information content (AvgIpc) is 2.64. The summed E-state index contributed by atoms with van der Waals surface area (Å²) in [6.45, 7) is 7.36. The maximum atomic E-state index is 14.2. The molecule has 1 N–H and O–H groups in total. The molecule has 0 aromatic heterocycles. The third-order valence-electron chi connectivity index (χ3n) is 4.07. The van der Waals surface area contributed by atoms with E-state index < -0.39 is 11.6 Å². The van der Waals surface area contributed by atoms with E-state index in [0.29, 0.717) is 5.56 Å². The van der Waals surface area contributed by atoms with Crippen LogP contribution in [0.4, 0.5) is 4.39 Å². The summed E-state index contributed by atoms with van der Waals surface area (Å²) in [6.07, 6.45) is 0. The van der Waals surface area contributed by atoms with E-state index in [1.807, 2.05) is 51.1 Å². The minimum absolute atomic E-state index is 0.0413. The Morgan fingerprint density at radius 1 is 1.07 bits per heavy atom. The number of thioether (sulfide) groups is 1. The molecule has 2 rings (SSSR count). The number of carbonyl (C=O) groups excluding carboxylic acids is 2. The van der Waals surface area contributed by atoms with E-state index in [2.05, 4.69) is 5.32 Å². The van der Waals surface area contributed by atoms with E-state index >= 15 is 0 Å². The normalized spacial score (nSPS) is 12.3. The zero-order valence-corrected chi connectivity index (χ0v) is 17.6. The van der Waals surface area contributed by atoms with Gasteiger partial charge >= 0.3 is 0 Å². The fourth-order valence-electron chi connectivity index (χ4n) is 2.61. The summed E-state index contributed by atoms with van der Waals surface area (Å²) < 4.78 is 14.2. The summed E-state index contributed by atoms with van der Waals surface area (Å²) in [5, 5.41) is 2.90. The van der Waals surface area contributed by atoms with Gasteiger partial charge in [0, 0.05) is 22.5 Å². The van der Waals surface area contributed by atoms with Gasteiger partial charge in [-0.15, -0.1) is 11.8 Å². The molecular weight excluding hydrogens is 375 g/mol. The molecule has 0 heterocycles.